The minimum absolute atomic E-state index is 0. The highest BCUT2D eigenvalue weighted by Crippen LogP contribution is 2.60. The second kappa shape index (κ2) is 2.81. The van der Waals surface area contributed by atoms with Crippen LogP contribution in [0.15, 0.2) is 24.3 Å². The fourth-order valence-electron chi connectivity index (χ4n) is 2.19. The molecular formula is C11H14S. The zero-order chi connectivity index (χ0) is 7.26. The molecule has 3 rings (SSSR count). The first-order valence-corrected chi connectivity index (χ1v) is 5.14. The number of rotatable bonds is 0. The van der Waals surface area contributed by atoms with Crippen LogP contribution in [0.3, 0.4) is 0 Å². The fourth-order valence-corrected chi connectivity index (χ4v) is 3.86. The van der Waals surface area contributed by atoms with E-state index in [2.05, 4.69) is 36.0 Å². The van der Waals surface area contributed by atoms with Crippen LogP contribution in [0.5, 0.6) is 0 Å². The number of fused-ring (bicyclic) bond motifs is 5. The molecule has 64 valence electrons. The maximum Gasteiger partial charge on any atom is 0.0307 e. The van der Waals surface area contributed by atoms with Crippen LogP contribution in [-0.4, -0.2) is 0 Å². The van der Waals surface area contributed by atoms with Crippen molar-refractivity contribution in [3.05, 3.63) is 35.4 Å². The third-order valence-electron chi connectivity index (χ3n) is 2.71. The van der Waals surface area contributed by atoms with Gasteiger partial charge in [0.1, 0.15) is 0 Å². The molecule has 2 aliphatic heterocycles. The summed E-state index contributed by atoms with van der Waals surface area (Å²) in [7, 11) is 0. The van der Waals surface area contributed by atoms with Gasteiger partial charge in [0, 0.05) is 10.5 Å². The quantitative estimate of drug-likeness (QED) is 0.579. The van der Waals surface area contributed by atoms with Gasteiger partial charge < -0.3 is 0 Å². The van der Waals surface area contributed by atoms with Gasteiger partial charge in [-0.05, 0) is 24.0 Å². The Morgan fingerprint density at radius 2 is 1.50 bits per heavy atom. The highest BCUT2D eigenvalue weighted by atomic mass is 32.2. The van der Waals surface area contributed by atoms with Gasteiger partial charge >= 0.3 is 0 Å². The molecule has 2 aliphatic rings. The average Bonchev–Trinajstić information content (AvgIpc) is 2.64. The van der Waals surface area contributed by atoms with E-state index in [1.807, 2.05) is 0 Å². The molecule has 1 fully saturated rings. The Morgan fingerprint density at radius 1 is 1.00 bits per heavy atom. The zero-order valence-electron chi connectivity index (χ0n) is 6.29. The van der Waals surface area contributed by atoms with Crippen molar-refractivity contribution in [3.63, 3.8) is 0 Å². The van der Waals surface area contributed by atoms with Gasteiger partial charge in [-0.1, -0.05) is 31.7 Å². The predicted molar refractivity (Wildman–Crippen MR) is 55.5 cm³/mol. The molecule has 1 heteroatoms. The van der Waals surface area contributed by atoms with Crippen molar-refractivity contribution in [1.82, 2.24) is 0 Å². The number of hydrogen-bond donors (Lipinski definition) is 0. The van der Waals surface area contributed by atoms with E-state index in [4.69, 9.17) is 0 Å². The number of hydrogen-bond acceptors (Lipinski definition) is 1. The van der Waals surface area contributed by atoms with E-state index >= 15 is 0 Å². The van der Waals surface area contributed by atoms with Crippen molar-refractivity contribution >= 4 is 11.8 Å². The number of thioether (sulfide) groups is 1. The van der Waals surface area contributed by atoms with Crippen LogP contribution in [0, 0.1) is 0 Å². The Hall–Kier alpha value is -0.430. The molecule has 0 radical (unpaired) electrons. The van der Waals surface area contributed by atoms with E-state index in [0.717, 1.165) is 10.5 Å². The first-order chi connectivity index (χ1) is 5.45. The Balaban J connectivity index is 0.000000563. The van der Waals surface area contributed by atoms with Gasteiger partial charge in [-0.15, -0.1) is 11.8 Å². The van der Waals surface area contributed by atoms with Gasteiger partial charge in [0.15, 0.2) is 0 Å². The summed E-state index contributed by atoms with van der Waals surface area (Å²) in [4.78, 5) is 0. The molecule has 2 bridgehead atoms. The summed E-state index contributed by atoms with van der Waals surface area (Å²) < 4.78 is 0. The van der Waals surface area contributed by atoms with E-state index in [1.54, 1.807) is 11.1 Å². The summed E-state index contributed by atoms with van der Waals surface area (Å²) in [5.41, 5.74) is 3.24. The van der Waals surface area contributed by atoms with Crippen LogP contribution < -0.4 is 0 Å². The molecule has 0 amide bonds. The Labute approximate surface area is 78.4 Å². The first kappa shape index (κ1) is 8.18. The normalized spacial score (nSPS) is 29.7. The highest BCUT2D eigenvalue weighted by Gasteiger charge is 2.36. The molecule has 0 spiro atoms. The predicted octanol–water partition coefficient (Wildman–Crippen LogP) is 3.95. The molecule has 1 aromatic carbocycles. The van der Waals surface area contributed by atoms with E-state index in [-0.39, 0.29) is 7.43 Å². The largest absolute Gasteiger partial charge is 0.146 e. The smallest absolute Gasteiger partial charge is 0.0307 e. The van der Waals surface area contributed by atoms with Crippen LogP contribution in [0.25, 0.3) is 0 Å². The molecule has 2 unspecified atom stereocenters. The van der Waals surface area contributed by atoms with Crippen molar-refractivity contribution in [3.8, 4) is 0 Å². The van der Waals surface area contributed by atoms with Gasteiger partial charge in [0.25, 0.3) is 0 Å². The summed E-state index contributed by atoms with van der Waals surface area (Å²) in [6.45, 7) is 0. The third kappa shape index (κ3) is 0.925. The minimum Gasteiger partial charge on any atom is -0.146 e. The maximum atomic E-state index is 2.30. The van der Waals surface area contributed by atoms with E-state index in [0.29, 0.717) is 0 Å². The van der Waals surface area contributed by atoms with Crippen LogP contribution >= 0.6 is 11.8 Å². The second-order valence-electron chi connectivity index (χ2n) is 3.32. The van der Waals surface area contributed by atoms with Crippen molar-refractivity contribution in [2.24, 2.45) is 0 Å². The highest BCUT2D eigenvalue weighted by molar-refractivity contribution is 8.00. The van der Waals surface area contributed by atoms with Crippen LogP contribution in [0.4, 0.5) is 0 Å². The number of benzene rings is 1. The lowest BCUT2D eigenvalue weighted by molar-refractivity contribution is 0.717. The lowest BCUT2D eigenvalue weighted by Gasteiger charge is -2.11. The monoisotopic (exact) mass is 178 g/mol. The second-order valence-corrected chi connectivity index (χ2v) is 4.73. The lowest BCUT2D eigenvalue weighted by atomic mass is 9.92. The van der Waals surface area contributed by atoms with E-state index in [1.165, 1.54) is 12.8 Å². The Bertz CT molecular complexity index is 264. The maximum absolute atomic E-state index is 2.30. The molecule has 2 heterocycles. The first-order valence-electron chi connectivity index (χ1n) is 4.19. The molecule has 0 nitrogen and oxygen atoms in total. The third-order valence-corrected chi connectivity index (χ3v) is 4.35. The van der Waals surface area contributed by atoms with Crippen LogP contribution in [-0.2, 0) is 0 Å². The lowest BCUT2D eigenvalue weighted by Crippen LogP contribution is -1.95. The van der Waals surface area contributed by atoms with Crippen molar-refractivity contribution in [1.29, 1.82) is 0 Å². The summed E-state index contributed by atoms with van der Waals surface area (Å²) in [6, 6.07) is 8.93. The van der Waals surface area contributed by atoms with E-state index < -0.39 is 0 Å². The molecule has 0 aromatic heterocycles. The molecule has 0 aliphatic carbocycles. The Morgan fingerprint density at radius 3 is 2.00 bits per heavy atom. The molecule has 0 saturated carbocycles. The summed E-state index contributed by atoms with van der Waals surface area (Å²) in [5, 5.41) is 1.69. The molecule has 1 saturated heterocycles. The Kier molecular flexibility index (Phi) is 1.91. The summed E-state index contributed by atoms with van der Waals surface area (Å²) in [6.07, 6.45) is 2.82. The van der Waals surface area contributed by atoms with Gasteiger partial charge in [0.2, 0.25) is 0 Å². The standard InChI is InChI=1S/C10H10S.CH4/c1-2-4-8-7(3-1)9-5-6-10(8)11-9;/h1-4,9-10H,5-6H2;1H4. The van der Waals surface area contributed by atoms with Crippen molar-refractivity contribution in [2.75, 3.05) is 0 Å². The SMILES string of the molecule is C.c1ccc2c(c1)C1CCC2S1. The van der Waals surface area contributed by atoms with Gasteiger partial charge in [-0.2, -0.15) is 0 Å². The summed E-state index contributed by atoms with van der Waals surface area (Å²) in [5.74, 6) is 0. The topological polar surface area (TPSA) is 0 Å². The molecular weight excluding hydrogens is 164 g/mol. The zero-order valence-corrected chi connectivity index (χ0v) is 7.10. The van der Waals surface area contributed by atoms with Gasteiger partial charge in [-0.25, -0.2) is 0 Å². The van der Waals surface area contributed by atoms with E-state index in [9.17, 15) is 0 Å². The van der Waals surface area contributed by atoms with Crippen molar-refractivity contribution < 1.29 is 0 Å². The summed E-state index contributed by atoms with van der Waals surface area (Å²) >= 11 is 2.16. The van der Waals surface area contributed by atoms with Crippen LogP contribution in [0.1, 0.15) is 41.9 Å². The van der Waals surface area contributed by atoms with Crippen molar-refractivity contribution in [2.45, 2.75) is 30.8 Å². The average molecular weight is 178 g/mol. The molecule has 2 atom stereocenters. The minimum atomic E-state index is 0. The van der Waals surface area contributed by atoms with Crippen LogP contribution in [0.2, 0.25) is 0 Å². The molecule has 0 N–H and O–H groups in total. The van der Waals surface area contributed by atoms with Gasteiger partial charge in [-0.3, -0.25) is 0 Å². The molecule has 12 heavy (non-hydrogen) atoms. The van der Waals surface area contributed by atoms with Gasteiger partial charge in [0.05, 0.1) is 0 Å². The molecule has 1 aromatic rings. The fraction of sp³-hybridized carbons (Fsp3) is 0.455.